The molecule has 1 saturated heterocycles. The number of carbonyl (C=O) groups is 5. The van der Waals surface area contributed by atoms with Crippen molar-refractivity contribution < 1.29 is 42.9 Å². The minimum atomic E-state index is -0.240. The first-order valence-electron chi connectivity index (χ1n) is 16.2. The zero-order chi connectivity index (χ0) is 32.2. The van der Waals surface area contributed by atoms with Gasteiger partial charge in [0.15, 0.2) is 0 Å². The van der Waals surface area contributed by atoms with Crippen LogP contribution in [0.1, 0.15) is 65.7 Å². The van der Waals surface area contributed by atoms with Crippen LogP contribution in [0, 0.1) is 17.8 Å². The predicted octanol–water partition coefficient (Wildman–Crippen LogP) is 1.14. The molecule has 0 bridgehead atoms. The zero-order valence-corrected chi connectivity index (χ0v) is 26.9. The molecule has 1 heterocycles. The number of rotatable bonds is 23. The monoisotopic (exact) mass is 626 g/mol. The lowest BCUT2D eigenvalue weighted by Gasteiger charge is -2.33. The Bertz CT molecular complexity index is 861. The molecule has 0 aromatic rings. The van der Waals surface area contributed by atoms with Gasteiger partial charge in [0.25, 0.3) is 0 Å². The minimum Gasteiger partial charge on any atom is -0.379 e. The van der Waals surface area contributed by atoms with E-state index in [0.29, 0.717) is 111 Å². The molecular formula is C31H54N4O9. The van der Waals surface area contributed by atoms with Crippen LogP contribution in [0.5, 0.6) is 0 Å². The van der Waals surface area contributed by atoms with Crippen molar-refractivity contribution in [1.29, 1.82) is 0 Å². The molecule has 0 radical (unpaired) electrons. The van der Waals surface area contributed by atoms with Crippen LogP contribution in [-0.2, 0) is 42.9 Å². The Kier molecular flexibility index (Phi) is 18.8. The van der Waals surface area contributed by atoms with Crippen LogP contribution in [0.25, 0.3) is 0 Å². The molecule has 1 saturated carbocycles. The van der Waals surface area contributed by atoms with E-state index in [4.69, 9.17) is 18.9 Å². The Hall–Kier alpha value is -2.61. The van der Waals surface area contributed by atoms with Crippen molar-refractivity contribution in [3.63, 3.8) is 0 Å². The normalized spacial score (nSPS) is 20.2. The molecule has 13 heteroatoms. The molecule has 2 fully saturated rings. The van der Waals surface area contributed by atoms with Crippen molar-refractivity contribution in [2.75, 3.05) is 85.6 Å². The Morgan fingerprint density at radius 3 is 1.66 bits per heavy atom. The van der Waals surface area contributed by atoms with Crippen LogP contribution < -0.4 is 10.6 Å². The number of nitrogens with zero attached hydrogens (tertiary/aromatic N) is 2. The lowest BCUT2D eigenvalue weighted by Crippen LogP contribution is -2.42. The van der Waals surface area contributed by atoms with Crippen molar-refractivity contribution >= 4 is 29.5 Å². The second kappa shape index (κ2) is 22.0. The lowest BCUT2D eigenvalue weighted by molar-refractivity contribution is -0.142. The van der Waals surface area contributed by atoms with Crippen LogP contribution in [0.2, 0.25) is 0 Å². The van der Waals surface area contributed by atoms with E-state index < -0.39 is 0 Å². The highest BCUT2D eigenvalue weighted by Gasteiger charge is 2.38. The van der Waals surface area contributed by atoms with Crippen molar-refractivity contribution in [3.05, 3.63) is 0 Å². The summed E-state index contributed by atoms with van der Waals surface area (Å²) in [7, 11) is 0. The van der Waals surface area contributed by atoms with E-state index in [1.807, 2.05) is 13.8 Å². The molecule has 1 aliphatic carbocycles. The van der Waals surface area contributed by atoms with E-state index in [0.717, 1.165) is 12.8 Å². The summed E-state index contributed by atoms with van der Waals surface area (Å²) in [5.74, 6) is -0.338. The van der Waals surface area contributed by atoms with E-state index in [1.54, 1.807) is 11.8 Å². The number of imide groups is 1. The minimum absolute atomic E-state index is 0.0441. The molecule has 2 aliphatic rings. The number of carbonyl (C=O) groups excluding carboxylic acids is 5. The summed E-state index contributed by atoms with van der Waals surface area (Å²) in [5.41, 5.74) is 0. The first kappa shape index (κ1) is 37.6. The topological polar surface area (TPSA) is 153 Å². The quantitative estimate of drug-likeness (QED) is 0.126. The summed E-state index contributed by atoms with van der Waals surface area (Å²) in [6.45, 7) is 10.8. The van der Waals surface area contributed by atoms with Crippen molar-refractivity contribution in [2.45, 2.75) is 65.7 Å². The molecule has 0 aromatic heterocycles. The van der Waals surface area contributed by atoms with Gasteiger partial charge in [0.05, 0.1) is 52.9 Å². The van der Waals surface area contributed by atoms with Gasteiger partial charge in [-0.05, 0) is 45.4 Å². The molecule has 2 N–H and O–H groups in total. The summed E-state index contributed by atoms with van der Waals surface area (Å²) in [5, 5.41) is 5.45. The number of nitrogens with one attached hydrogen (secondary N) is 2. The molecule has 44 heavy (non-hydrogen) atoms. The maximum Gasteiger partial charge on any atom is 0.232 e. The van der Waals surface area contributed by atoms with Crippen LogP contribution in [-0.4, -0.2) is 125 Å². The molecular weight excluding hydrogens is 572 g/mol. The van der Waals surface area contributed by atoms with Crippen molar-refractivity contribution in [2.24, 2.45) is 17.8 Å². The third kappa shape index (κ3) is 14.4. The molecule has 13 nitrogen and oxygen atoms in total. The molecule has 0 aromatic carbocycles. The first-order valence-corrected chi connectivity index (χ1v) is 16.2. The van der Waals surface area contributed by atoms with Crippen LogP contribution in [0.4, 0.5) is 0 Å². The fraction of sp³-hybridized carbons (Fsp3) is 0.839. The van der Waals surface area contributed by atoms with Gasteiger partial charge in [-0.2, -0.15) is 0 Å². The number of amides is 5. The largest absolute Gasteiger partial charge is 0.379 e. The summed E-state index contributed by atoms with van der Waals surface area (Å²) < 4.78 is 22.3. The smallest absolute Gasteiger partial charge is 0.232 e. The fourth-order valence-electron chi connectivity index (χ4n) is 5.38. The highest BCUT2D eigenvalue weighted by atomic mass is 16.5. The Labute approximate surface area is 262 Å². The maximum atomic E-state index is 13.5. The Morgan fingerprint density at radius 1 is 0.750 bits per heavy atom. The van der Waals surface area contributed by atoms with Crippen LogP contribution in [0.3, 0.4) is 0 Å². The van der Waals surface area contributed by atoms with Gasteiger partial charge in [0, 0.05) is 63.8 Å². The summed E-state index contributed by atoms with van der Waals surface area (Å²) >= 11 is 0. The predicted molar refractivity (Wildman–Crippen MR) is 162 cm³/mol. The highest BCUT2D eigenvalue weighted by molar-refractivity contribution is 6.03. The number of likely N-dealkylation sites (tertiary alicyclic amines) is 1. The summed E-state index contributed by atoms with van der Waals surface area (Å²) in [6, 6.07) is 0. The van der Waals surface area contributed by atoms with Gasteiger partial charge in [0.2, 0.25) is 29.5 Å². The van der Waals surface area contributed by atoms with E-state index in [1.165, 1.54) is 4.90 Å². The van der Waals surface area contributed by atoms with E-state index in [9.17, 15) is 24.0 Å². The summed E-state index contributed by atoms with van der Waals surface area (Å²) in [4.78, 5) is 64.2. The van der Waals surface area contributed by atoms with Gasteiger partial charge in [0.1, 0.15) is 0 Å². The number of hydrogen-bond acceptors (Lipinski definition) is 9. The second-order valence-electron chi connectivity index (χ2n) is 11.3. The molecule has 5 amide bonds. The standard InChI is InChI=1S/C31H54N4O9/c1-4-32-27(36)10-14-41-18-20-43-16-12-34(13-17-44-21-19-42-15-11-28(37)33-5-2)31(40)26-8-6-25(7-9-26)23-35-29(38)22-24(3)30(35)39/h24-26H,4-23H2,1-3H3,(H,32,36)(H,33,37). The van der Waals surface area contributed by atoms with Gasteiger partial charge < -0.3 is 34.5 Å². The molecule has 252 valence electrons. The first-order chi connectivity index (χ1) is 21.3. The molecule has 1 aliphatic heterocycles. The maximum absolute atomic E-state index is 13.5. The second-order valence-corrected chi connectivity index (χ2v) is 11.3. The van der Waals surface area contributed by atoms with E-state index >= 15 is 0 Å². The van der Waals surface area contributed by atoms with Gasteiger partial charge in [-0.1, -0.05) is 6.92 Å². The summed E-state index contributed by atoms with van der Waals surface area (Å²) in [6.07, 6.45) is 3.92. The van der Waals surface area contributed by atoms with E-state index in [-0.39, 0.29) is 53.7 Å². The van der Waals surface area contributed by atoms with Gasteiger partial charge >= 0.3 is 0 Å². The molecule has 0 spiro atoms. The third-order valence-corrected chi connectivity index (χ3v) is 7.87. The molecule has 2 rings (SSSR count). The molecule has 1 unspecified atom stereocenters. The molecule has 1 atom stereocenters. The van der Waals surface area contributed by atoms with Crippen molar-refractivity contribution in [1.82, 2.24) is 20.4 Å². The fourth-order valence-corrected chi connectivity index (χ4v) is 5.38. The van der Waals surface area contributed by atoms with E-state index in [2.05, 4.69) is 10.6 Å². The SMILES string of the molecule is CCNC(=O)CCOCCOCCN(CCOCCOCCC(=O)NCC)C(=O)C1CCC(CN2C(=O)CC(C)C2=O)CC1. The van der Waals surface area contributed by atoms with Crippen molar-refractivity contribution in [3.8, 4) is 0 Å². The zero-order valence-electron chi connectivity index (χ0n) is 26.9. The number of hydrogen-bond donors (Lipinski definition) is 2. The number of ether oxygens (including phenoxy) is 4. The average Bonchev–Trinajstić information content (AvgIpc) is 3.24. The van der Waals surface area contributed by atoms with Gasteiger partial charge in [-0.15, -0.1) is 0 Å². The van der Waals surface area contributed by atoms with Gasteiger partial charge in [-0.25, -0.2) is 0 Å². The Morgan fingerprint density at radius 2 is 1.23 bits per heavy atom. The average molecular weight is 627 g/mol. The van der Waals surface area contributed by atoms with Crippen LogP contribution >= 0.6 is 0 Å². The Balaban J connectivity index is 1.73. The van der Waals surface area contributed by atoms with Gasteiger partial charge in [-0.3, -0.25) is 28.9 Å². The third-order valence-electron chi connectivity index (χ3n) is 7.87. The highest BCUT2D eigenvalue weighted by Crippen LogP contribution is 2.32. The van der Waals surface area contributed by atoms with Crippen LogP contribution in [0.15, 0.2) is 0 Å². The lowest BCUT2D eigenvalue weighted by atomic mass is 9.81.